The standard InChI is InChI=1S/C15H18N4O/c1-19-10-13(9-16-19)17-14(11-5-3-2-4-6-11)15(20)18-12-7-8-12/h2-6,9-10,12,14,17H,7-8H2,1H3,(H,18,20). The average Bonchev–Trinajstić information content (AvgIpc) is 3.17. The normalized spacial score (nSPS) is 15.7. The summed E-state index contributed by atoms with van der Waals surface area (Å²) in [6.07, 6.45) is 5.75. The van der Waals surface area contributed by atoms with E-state index in [-0.39, 0.29) is 11.9 Å². The summed E-state index contributed by atoms with van der Waals surface area (Å²) in [5.74, 6) is 0.0163. The molecule has 5 nitrogen and oxygen atoms in total. The molecule has 1 amide bonds. The van der Waals surface area contributed by atoms with E-state index in [9.17, 15) is 4.79 Å². The molecule has 0 saturated heterocycles. The van der Waals surface area contributed by atoms with Crippen molar-refractivity contribution in [1.29, 1.82) is 0 Å². The maximum Gasteiger partial charge on any atom is 0.247 e. The van der Waals surface area contributed by atoms with Crippen LogP contribution < -0.4 is 10.6 Å². The maximum atomic E-state index is 12.4. The molecule has 1 aromatic heterocycles. The predicted octanol–water partition coefficient (Wildman–Crippen LogP) is 1.85. The van der Waals surface area contributed by atoms with Gasteiger partial charge in [-0.3, -0.25) is 9.48 Å². The molecule has 1 atom stereocenters. The van der Waals surface area contributed by atoms with E-state index in [1.165, 1.54) is 0 Å². The summed E-state index contributed by atoms with van der Waals surface area (Å²) < 4.78 is 1.71. The molecule has 1 unspecified atom stereocenters. The highest BCUT2D eigenvalue weighted by molar-refractivity contribution is 5.86. The van der Waals surface area contributed by atoms with Gasteiger partial charge < -0.3 is 10.6 Å². The summed E-state index contributed by atoms with van der Waals surface area (Å²) in [6, 6.07) is 9.71. The van der Waals surface area contributed by atoms with Gasteiger partial charge in [-0.05, 0) is 18.4 Å². The Morgan fingerprint density at radius 3 is 2.70 bits per heavy atom. The number of aromatic nitrogens is 2. The zero-order valence-electron chi connectivity index (χ0n) is 11.4. The second kappa shape index (κ2) is 5.36. The van der Waals surface area contributed by atoms with Crippen molar-refractivity contribution in [1.82, 2.24) is 15.1 Å². The summed E-state index contributed by atoms with van der Waals surface area (Å²) >= 11 is 0. The molecule has 1 aliphatic rings. The molecule has 104 valence electrons. The van der Waals surface area contributed by atoms with Crippen LogP contribution in [0.3, 0.4) is 0 Å². The third-order valence-electron chi connectivity index (χ3n) is 3.33. The molecule has 1 saturated carbocycles. The van der Waals surface area contributed by atoms with Crippen LogP contribution >= 0.6 is 0 Å². The van der Waals surface area contributed by atoms with Crippen molar-refractivity contribution in [2.75, 3.05) is 5.32 Å². The van der Waals surface area contributed by atoms with Crippen molar-refractivity contribution in [3.63, 3.8) is 0 Å². The van der Waals surface area contributed by atoms with E-state index in [0.29, 0.717) is 6.04 Å². The number of nitrogens with one attached hydrogen (secondary N) is 2. The second-order valence-corrected chi connectivity index (χ2v) is 5.17. The zero-order chi connectivity index (χ0) is 13.9. The lowest BCUT2D eigenvalue weighted by atomic mass is 10.1. The third kappa shape index (κ3) is 2.99. The summed E-state index contributed by atoms with van der Waals surface area (Å²) in [5, 5.41) is 10.4. The van der Waals surface area contributed by atoms with Gasteiger partial charge in [0.1, 0.15) is 6.04 Å². The largest absolute Gasteiger partial charge is 0.368 e. The Morgan fingerprint density at radius 1 is 1.35 bits per heavy atom. The highest BCUT2D eigenvalue weighted by atomic mass is 16.2. The highest BCUT2D eigenvalue weighted by Gasteiger charge is 2.28. The fraction of sp³-hybridized carbons (Fsp3) is 0.333. The van der Waals surface area contributed by atoms with Gasteiger partial charge in [0, 0.05) is 19.3 Å². The quantitative estimate of drug-likeness (QED) is 0.871. The van der Waals surface area contributed by atoms with Crippen molar-refractivity contribution < 1.29 is 4.79 Å². The van der Waals surface area contributed by atoms with E-state index in [0.717, 1.165) is 24.1 Å². The molecule has 1 heterocycles. The molecular formula is C15H18N4O. The summed E-state index contributed by atoms with van der Waals surface area (Å²) in [7, 11) is 1.85. The number of amides is 1. The molecule has 1 fully saturated rings. The Hall–Kier alpha value is -2.30. The highest BCUT2D eigenvalue weighted by Crippen LogP contribution is 2.23. The molecule has 2 N–H and O–H groups in total. The predicted molar refractivity (Wildman–Crippen MR) is 77.2 cm³/mol. The van der Waals surface area contributed by atoms with Crippen LogP contribution in [0.2, 0.25) is 0 Å². The fourth-order valence-electron chi connectivity index (χ4n) is 2.12. The summed E-state index contributed by atoms with van der Waals surface area (Å²) in [6.45, 7) is 0. The van der Waals surface area contributed by atoms with Crippen molar-refractivity contribution in [2.45, 2.75) is 24.9 Å². The molecule has 20 heavy (non-hydrogen) atoms. The third-order valence-corrected chi connectivity index (χ3v) is 3.33. The Kier molecular flexibility index (Phi) is 3.41. The van der Waals surface area contributed by atoms with Gasteiger partial charge in [-0.15, -0.1) is 0 Å². The molecule has 5 heteroatoms. The van der Waals surface area contributed by atoms with Gasteiger partial charge in [-0.1, -0.05) is 30.3 Å². The van der Waals surface area contributed by atoms with Crippen LogP contribution in [0, 0.1) is 0 Å². The Bertz CT molecular complexity index is 589. The minimum Gasteiger partial charge on any atom is -0.368 e. The lowest BCUT2D eigenvalue weighted by Crippen LogP contribution is -2.34. The van der Waals surface area contributed by atoms with Gasteiger partial charge in [0.25, 0.3) is 0 Å². The van der Waals surface area contributed by atoms with Crippen molar-refractivity contribution >= 4 is 11.6 Å². The average molecular weight is 270 g/mol. The molecule has 0 aliphatic heterocycles. The number of carbonyl (C=O) groups excluding carboxylic acids is 1. The van der Waals surface area contributed by atoms with Gasteiger partial charge >= 0.3 is 0 Å². The van der Waals surface area contributed by atoms with Gasteiger partial charge in [0.2, 0.25) is 5.91 Å². The summed E-state index contributed by atoms with van der Waals surface area (Å²) in [4.78, 5) is 12.4. The first-order valence-corrected chi connectivity index (χ1v) is 6.83. The number of benzene rings is 1. The summed E-state index contributed by atoms with van der Waals surface area (Å²) in [5.41, 5.74) is 1.79. The zero-order valence-corrected chi connectivity index (χ0v) is 11.4. The molecule has 0 bridgehead atoms. The van der Waals surface area contributed by atoms with Crippen LogP contribution in [0.5, 0.6) is 0 Å². The molecule has 1 aromatic carbocycles. The number of rotatable bonds is 5. The first-order valence-electron chi connectivity index (χ1n) is 6.83. The topological polar surface area (TPSA) is 59.0 Å². The fourth-order valence-corrected chi connectivity index (χ4v) is 2.12. The SMILES string of the molecule is Cn1cc(NC(C(=O)NC2CC2)c2ccccc2)cn1. The molecule has 3 rings (SSSR count). The smallest absolute Gasteiger partial charge is 0.247 e. The number of nitrogens with zero attached hydrogens (tertiary/aromatic N) is 2. The van der Waals surface area contributed by atoms with Crippen LogP contribution in [0.4, 0.5) is 5.69 Å². The van der Waals surface area contributed by atoms with Crippen molar-refractivity contribution in [3.05, 3.63) is 48.3 Å². The van der Waals surface area contributed by atoms with E-state index < -0.39 is 0 Å². The lowest BCUT2D eigenvalue weighted by molar-refractivity contribution is -0.122. The number of hydrogen-bond acceptors (Lipinski definition) is 3. The van der Waals surface area contributed by atoms with Gasteiger partial charge in [-0.2, -0.15) is 5.10 Å². The van der Waals surface area contributed by atoms with Gasteiger partial charge in [0.15, 0.2) is 0 Å². The van der Waals surface area contributed by atoms with E-state index in [2.05, 4.69) is 15.7 Å². The lowest BCUT2D eigenvalue weighted by Gasteiger charge is -2.18. The minimum absolute atomic E-state index is 0.0163. The minimum atomic E-state index is -0.388. The molecule has 1 aliphatic carbocycles. The molecular weight excluding hydrogens is 252 g/mol. The Morgan fingerprint density at radius 2 is 2.10 bits per heavy atom. The molecule has 2 aromatic rings. The number of anilines is 1. The van der Waals surface area contributed by atoms with Gasteiger partial charge in [0.05, 0.1) is 11.9 Å². The van der Waals surface area contributed by atoms with Crippen LogP contribution in [0.25, 0.3) is 0 Å². The molecule has 0 spiro atoms. The number of aryl methyl sites for hydroxylation is 1. The first kappa shape index (κ1) is 12.7. The van der Waals surface area contributed by atoms with Crippen LogP contribution in [0.15, 0.2) is 42.7 Å². The maximum absolute atomic E-state index is 12.4. The molecule has 0 radical (unpaired) electrons. The second-order valence-electron chi connectivity index (χ2n) is 5.17. The van der Waals surface area contributed by atoms with Crippen LogP contribution in [0.1, 0.15) is 24.4 Å². The Balaban J connectivity index is 1.80. The van der Waals surface area contributed by atoms with E-state index in [1.807, 2.05) is 43.6 Å². The van der Waals surface area contributed by atoms with E-state index >= 15 is 0 Å². The van der Waals surface area contributed by atoms with Crippen LogP contribution in [-0.2, 0) is 11.8 Å². The monoisotopic (exact) mass is 270 g/mol. The van der Waals surface area contributed by atoms with Gasteiger partial charge in [-0.25, -0.2) is 0 Å². The van der Waals surface area contributed by atoms with E-state index in [1.54, 1.807) is 10.9 Å². The number of hydrogen-bond donors (Lipinski definition) is 2. The van der Waals surface area contributed by atoms with Crippen LogP contribution in [-0.4, -0.2) is 21.7 Å². The Labute approximate surface area is 118 Å². The van der Waals surface area contributed by atoms with Crippen molar-refractivity contribution in [2.24, 2.45) is 7.05 Å². The number of carbonyl (C=O) groups is 1. The van der Waals surface area contributed by atoms with Crippen molar-refractivity contribution in [3.8, 4) is 0 Å². The first-order chi connectivity index (χ1) is 9.72. The van der Waals surface area contributed by atoms with E-state index in [4.69, 9.17) is 0 Å².